The minimum absolute atomic E-state index is 0.0367. The van der Waals surface area contributed by atoms with Crippen LogP contribution in [0.4, 0.5) is 0 Å². The molecule has 0 rings (SSSR count). The van der Waals surface area contributed by atoms with E-state index in [1.54, 1.807) is 0 Å². The highest BCUT2D eigenvalue weighted by molar-refractivity contribution is 7.47. The van der Waals surface area contributed by atoms with E-state index >= 15 is 0 Å². The molecule has 54 heavy (non-hydrogen) atoms. The number of aliphatic hydroxyl groups excluding tert-OH is 1. The molecule has 2 atom stereocenters. The van der Waals surface area contributed by atoms with Gasteiger partial charge in [-0.05, 0) is 83.5 Å². The van der Waals surface area contributed by atoms with Crippen molar-refractivity contribution in [3.05, 3.63) is 60.8 Å². The highest BCUT2D eigenvalue weighted by atomic mass is 31.2. The topological polar surface area (TPSA) is 155 Å². The fourth-order valence-electron chi connectivity index (χ4n) is 5.31. The van der Waals surface area contributed by atoms with Crippen LogP contribution >= 0.6 is 7.82 Å². The molecule has 0 bridgehead atoms. The molecule has 0 heterocycles. The van der Waals surface area contributed by atoms with Gasteiger partial charge in [-0.3, -0.25) is 18.6 Å². The van der Waals surface area contributed by atoms with Gasteiger partial charge in [0.2, 0.25) is 0 Å². The number of hydrogen-bond donors (Lipinski definition) is 3. The summed E-state index contributed by atoms with van der Waals surface area (Å²) in [5.74, 6) is -0.922. The lowest BCUT2D eigenvalue weighted by molar-refractivity contribution is -0.161. The zero-order valence-corrected chi connectivity index (χ0v) is 34.5. The van der Waals surface area contributed by atoms with Crippen LogP contribution in [0.1, 0.15) is 161 Å². The summed E-state index contributed by atoms with van der Waals surface area (Å²) in [6.07, 6.45) is 44.1. The fraction of sp³-hybridized carbons (Fsp3) is 0.721. The smallest absolute Gasteiger partial charge is 0.462 e. The summed E-state index contributed by atoms with van der Waals surface area (Å²) in [4.78, 5) is 34.8. The van der Waals surface area contributed by atoms with E-state index in [1.165, 1.54) is 44.9 Å². The summed E-state index contributed by atoms with van der Waals surface area (Å²) < 4.78 is 32.6. The fourth-order valence-corrected chi connectivity index (χ4v) is 6.07. The summed E-state index contributed by atoms with van der Waals surface area (Å²) >= 11 is 0. The molecule has 0 amide bonds. The van der Waals surface area contributed by atoms with Gasteiger partial charge in [-0.2, -0.15) is 0 Å². The molecule has 2 unspecified atom stereocenters. The normalized spacial score (nSPS) is 13.9. The van der Waals surface area contributed by atoms with Crippen LogP contribution < -0.4 is 5.73 Å². The van der Waals surface area contributed by atoms with Crippen molar-refractivity contribution < 1.29 is 42.7 Å². The lowest BCUT2D eigenvalue weighted by atomic mass is 10.1. The molecule has 0 aromatic heterocycles. The molecule has 0 spiro atoms. The van der Waals surface area contributed by atoms with Gasteiger partial charge in [0.05, 0.1) is 13.2 Å². The molecule has 11 heteroatoms. The first-order chi connectivity index (χ1) is 26.3. The van der Waals surface area contributed by atoms with Crippen LogP contribution in [0, 0.1) is 0 Å². The Balaban J connectivity index is 4.30. The van der Waals surface area contributed by atoms with Gasteiger partial charge in [0.15, 0.2) is 6.10 Å². The zero-order chi connectivity index (χ0) is 39.6. The molecule has 0 saturated heterocycles. The molecule has 0 fully saturated rings. The second-order valence-electron chi connectivity index (χ2n) is 13.6. The third kappa shape index (κ3) is 39.4. The first-order valence-corrected chi connectivity index (χ1v) is 22.4. The molecule has 0 aliphatic carbocycles. The van der Waals surface area contributed by atoms with Crippen LogP contribution in [0.15, 0.2) is 60.8 Å². The second kappa shape index (κ2) is 40.3. The summed E-state index contributed by atoms with van der Waals surface area (Å²) in [5, 5.41) is 8.79. The number of carbonyl (C=O) groups excluding carboxylic acids is 2. The number of unbranched alkanes of at least 4 members (excludes halogenated alkanes) is 15. The maximum atomic E-state index is 12.5. The largest absolute Gasteiger partial charge is 0.472 e. The third-order valence-electron chi connectivity index (χ3n) is 8.43. The molecule has 0 aromatic rings. The Kier molecular flexibility index (Phi) is 38.6. The minimum Gasteiger partial charge on any atom is -0.462 e. The summed E-state index contributed by atoms with van der Waals surface area (Å²) in [5.41, 5.74) is 5.33. The molecule has 0 radical (unpaired) electrons. The number of aliphatic hydroxyl groups is 1. The Bertz CT molecular complexity index is 1070. The highest BCUT2D eigenvalue weighted by Crippen LogP contribution is 2.43. The Morgan fingerprint density at radius 2 is 1.06 bits per heavy atom. The van der Waals surface area contributed by atoms with Crippen molar-refractivity contribution in [3.8, 4) is 0 Å². The van der Waals surface area contributed by atoms with Crippen molar-refractivity contribution in [2.24, 2.45) is 5.73 Å². The number of nitrogens with two attached hydrogens (primary N) is 1. The van der Waals surface area contributed by atoms with Crippen molar-refractivity contribution in [2.45, 2.75) is 167 Å². The first kappa shape index (κ1) is 51.7. The Morgan fingerprint density at radius 1 is 0.593 bits per heavy atom. The molecule has 4 N–H and O–H groups in total. The van der Waals surface area contributed by atoms with E-state index in [-0.39, 0.29) is 39.2 Å². The highest BCUT2D eigenvalue weighted by Gasteiger charge is 2.25. The number of ether oxygens (including phenoxy) is 2. The summed E-state index contributed by atoms with van der Waals surface area (Å²) in [6.45, 7) is 1.64. The van der Waals surface area contributed by atoms with Gasteiger partial charge in [0.1, 0.15) is 6.61 Å². The van der Waals surface area contributed by atoms with E-state index in [4.69, 9.17) is 29.4 Å². The van der Waals surface area contributed by atoms with Gasteiger partial charge in [-0.1, -0.05) is 125 Å². The first-order valence-electron chi connectivity index (χ1n) is 20.9. The summed E-state index contributed by atoms with van der Waals surface area (Å²) in [6, 6.07) is 0. The van der Waals surface area contributed by atoms with Crippen LogP contribution in [0.5, 0.6) is 0 Å². The number of hydrogen-bond acceptors (Lipinski definition) is 9. The number of carbonyl (C=O) groups is 2. The molecule has 10 nitrogen and oxygen atoms in total. The lowest BCUT2D eigenvalue weighted by Crippen LogP contribution is -2.29. The van der Waals surface area contributed by atoms with E-state index in [2.05, 4.69) is 61.6 Å². The molecular formula is C43H76NO9P. The van der Waals surface area contributed by atoms with Crippen molar-refractivity contribution in [1.29, 1.82) is 0 Å². The van der Waals surface area contributed by atoms with Gasteiger partial charge in [0, 0.05) is 26.0 Å². The lowest BCUT2D eigenvalue weighted by Gasteiger charge is -2.19. The standard InChI is InChI=1S/C43H76NO9P/c1-2-3-4-5-6-7-8-9-13-16-19-22-25-28-31-34-42(46)50-39-41(40-52-54(48,49)51-38-36-44)53-43(47)35-32-29-26-23-20-17-14-11-10-12-15-18-21-24-27-30-33-37-45/h9-10,12-14,17-18,21,23,26,41,45H,2-8,11,15-16,19-20,22,24-25,27-40,44H2,1H3,(H,48,49)/b12-10-,13-9-,17-14-,21-18-,26-23-. The monoisotopic (exact) mass is 782 g/mol. The third-order valence-corrected chi connectivity index (χ3v) is 9.41. The average molecular weight is 782 g/mol. The maximum absolute atomic E-state index is 12.5. The quantitative estimate of drug-likeness (QED) is 0.0237. The van der Waals surface area contributed by atoms with Gasteiger partial charge in [-0.15, -0.1) is 0 Å². The van der Waals surface area contributed by atoms with Crippen molar-refractivity contribution in [1.82, 2.24) is 0 Å². The molecule has 0 aliphatic rings. The van der Waals surface area contributed by atoms with E-state index in [0.29, 0.717) is 19.3 Å². The van der Waals surface area contributed by atoms with Crippen LogP contribution in [-0.4, -0.2) is 61.0 Å². The van der Waals surface area contributed by atoms with Crippen LogP contribution in [-0.2, 0) is 32.7 Å². The predicted octanol–water partition coefficient (Wildman–Crippen LogP) is 10.7. The minimum atomic E-state index is -4.40. The van der Waals surface area contributed by atoms with Crippen LogP contribution in [0.25, 0.3) is 0 Å². The van der Waals surface area contributed by atoms with Crippen molar-refractivity contribution >= 4 is 19.8 Å². The van der Waals surface area contributed by atoms with Gasteiger partial charge in [0.25, 0.3) is 0 Å². The van der Waals surface area contributed by atoms with Crippen molar-refractivity contribution in [2.75, 3.05) is 33.0 Å². The van der Waals surface area contributed by atoms with E-state index in [1.807, 2.05) is 6.08 Å². The molecular weight excluding hydrogens is 705 g/mol. The van der Waals surface area contributed by atoms with Gasteiger partial charge >= 0.3 is 19.8 Å². The summed E-state index contributed by atoms with van der Waals surface area (Å²) in [7, 11) is -4.40. The molecule has 312 valence electrons. The van der Waals surface area contributed by atoms with Gasteiger partial charge in [-0.25, -0.2) is 4.57 Å². The van der Waals surface area contributed by atoms with Gasteiger partial charge < -0.3 is 25.2 Å². The van der Waals surface area contributed by atoms with Crippen LogP contribution in [0.3, 0.4) is 0 Å². The van der Waals surface area contributed by atoms with E-state index in [9.17, 15) is 19.0 Å². The number of phosphoric ester groups is 1. The number of allylic oxidation sites excluding steroid dienone is 10. The van der Waals surface area contributed by atoms with E-state index in [0.717, 1.165) is 77.0 Å². The average Bonchev–Trinajstić information content (AvgIpc) is 3.16. The number of rotatable bonds is 39. The molecule has 0 aliphatic heterocycles. The van der Waals surface area contributed by atoms with E-state index < -0.39 is 32.5 Å². The Morgan fingerprint density at radius 3 is 1.61 bits per heavy atom. The Labute approximate surface area is 328 Å². The maximum Gasteiger partial charge on any atom is 0.472 e. The second-order valence-corrected chi connectivity index (χ2v) is 15.0. The number of esters is 2. The van der Waals surface area contributed by atoms with Crippen molar-refractivity contribution in [3.63, 3.8) is 0 Å². The Hall–Kier alpha value is -2.33. The predicted molar refractivity (Wildman–Crippen MR) is 221 cm³/mol. The zero-order valence-electron chi connectivity index (χ0n) is 33.6. The molecule has 0 saturated carbocycles. The van der Waals surface area contributed by atoms with Crippen LogP contribution in [0.2, 0.25) is 0 Å². The SMILES string of the molecule is CCCCCCCC/C=C\CCCCCCCC(=O)OCC(COP(=O)(O)OCCN)OC(=O)CCC/C=C\C/C=C\C/C=C\C/C=C\CCCCCO. The molecule has 0 aromatic carbocycles. The number of phosphoric acid groups is 1.